The van der Waals surface area contributed by atoms with E-state index < -0.39 is 0 Å². The van der Waals surface area contributed by atoms with Crippen LogP contribution in [0.5, 0.6) is 11.5 Å². The first kappa shape index (κ1) is 24.8. The number of hydrogen-bond donors (Lipinski definition) is 3. The third-order valence-electron chi connectivity index (χ3n) is 4.91. The minimum absolute atomic E-state index is 0. The topological polar surface area (TPSA) is 69.1 Å². The zero-order valence-corrected chi connectivity index (χ0v) is 19.9. The number of guanidine groups is 1. The number of ether oxygens (including phenoxy) is 1. The minimum atomic E-state index is 0. The highest BCUT2D eigenvalue weighted by Gasteiger charge is 2.14. The first-order chi connectivity index (χ1) is 13.1. The molecule has 7 heteroatoms. The lowest BCUT2D eigenvalue weighted by molar-refractivity contribution is 0.191. The fourth-order valence-electron chi connectivity index (χ4n) is 3.24. The summed E-state index contributed by atoms with van der Waals surface area (Å²) in [7, 11) is 0. The molecule has 0 bridgehead atoms. The number of phenolic OH excluding ortho intramolecular Hbond substituents is 1. The zero-order chi connectivity index (χ0) is 19.5. The number of phenols is 1. The Morgan fingerprint density at radius 3 is 2.68 bits per heavy atom. The number of benzene rings is 1. The van der Waals surface area contributed by atoms with Crippen molar-refractivity contribution in [1.29, 1.82) is 0 Å². The second-order valence-corrected chi connectivity index (χ2v) is 7.23. The lowest BCUT2D eigenvalue weighted by Gasteiger charge is -2.30. The smallest absolute Gasteiger partial charge is 0.191 e. The summed E-state index contributed by atoms with van der Waals surface area (Å²) in [5, 5.41) is 16.5. The van der Waals surface area contributed by atoms with Crippen LogP contribution in [-0.4, -0.2) is 55.3 Å². The Kier molecular flexibility index (Phi) is 12.3. The van der Waals surface area contributed by atoms with Crippen LogP contribution >= 0.6 is 24.0 Å². The molecule has 1 saturated heterocycles. The summed E-state index contributed by atoms with van der Waals surface area (Å²) >= 11 is 0. The summed E-state index contributed by atoms with van der Waals surface area (Å²) in [6.07, 6.45) is 3.77. The fourth-order valence-corrected chi connectivity index (χ4v) is 3.24. The molecule has 0 aliphatic carbocycles. The van der Waals surface area contributed by atoms with Crippen molar-refractivity contribution >= 4 is 29.9 Å². The molecule has 2 rings (SSSR count). The van der Waals surface area contributed by atoms with Crippen LogP contribution in [0.15, 0.2) is 23.2 Å². The predicted octanol–water partition coefficient (Wildman–Crippen LogP) is 3.59. The lowest BCUT2D eigenvalue weighted by Crippen LogP contribution is -2.39. The molecular weight excluding hydrogens is 467 g/mol. The van der Waals surface area contributed by atoms with Gasteiger partial charge in [-0.3, -0.25) is 0 Å². The molecule has 1 heterocycles. The monoisotopic (exact) mass is 504 g/mol. The number of rotatable bonds is 9. The van der Waals surface area contributed by atoms with Gasteiger partial charge in [0.25, 0.3) is 0 Å². The molecule has 1 aromatic rings. The van der Waals surface area contributed by atoms with Crippen molar-refractivity contribution in [3.05, 3.63) is 23.8 Å². The highest BCUT2D eigenvalue weighted by molar-refractivity contribution is 14.0. The number of hydrogen-bond acceptors (Lipinski definition) is 4. The summed E-state index contributed by atoms with van der Waals surface area (Å²) in [5.74, 6) is 2.39. The van der Waals surface area contributed by atoms with Crippen molar-refractivity contribution in [2.24, 2.45) is 10.9 Å². The standard InChI is InChI=1S/C21H36N4O2.HI/c1-4-22-21(23-11-6-12-25-13-9-17(3)10-14-25)24-16-18-7-8-19(26)20(15-18)27-5-2;/h7-8,15,17,26H,4-6,9-14,16H2,1-3H3,(H2,22,23,24);1H. The maximum atomic E-state index is 9.80. The molecule has 160 valence electrons. The number of nitrogens with one attached hydrogen (secondary N) is 2. The van der Waals surface area contributed by atoms with E-state index in [4.69, 9.17) is 4.74 Å². The highest BCUT2D eigenvalue weighted by atomic mass is 127. The van der Waals surface area contributed by atoms with E-state index in [0.717, 1.165) is 43.5 Å². The van der Waals surface area contributed by atoms with Crippen molar-refractivity contribution < 1.29 is 9.84 Å². The number of nitrogens with zero attached hydrogens (tertiary/aromatic N) is 2. The fraction of sp³-hybridized carbons (Fsp3) is 0.667. The molecule has 0 atom stereocenters. The van der Waals surface area contributed by atoms with Gasteiger partial charge in [-0.25, -0.2) is 4.99 Å². The summed E-state index contributed by atoms with van der Waals surface area (Å²) in [6, 6.07) is 5.39. The van der Waals surface area contributed by atoms with Crippen molar-refractivity contribution in [1.82, 2.24) is 15.5 Å². The maximum Gasteiger partial charge on any atom is 0.191 e. The predicted molar refractivity (Wildman–Crippen MR) is 127 cm³/mol. The quantitative estimate of drug-likeness (QED) is 0.208. The molecule has 0 radical (unpaired) electrons. The van der Waals surface area contributed by atoms with E-state index in [1.807, 2.05) is 19.1 Å². The number of halogens is 1. The third kappa shape index (κ3) is 8.86. The molecule has 0 spiro atoms. The second kappa shape index (κ2) is 13.9. The molecule has 28 heavy (non-hydrogen) atoms. The normalized spacial score (nSPS) is 15.8. The molecule has 3 N–H and O–H groups in total. The molecular formula is C21H37IN4O2. The number of piperidine rings is 1. The van der Waals surface area contributed by atoms with Gasteiger partial charge in [0.1, 0.15) is 0 Å². The van der Waals surface area contributed by atoms with Crippen LogP contribution < -0.4 is 15.4 Å². The van der Waals surface area contributed by atoms with Crippen molar-refractivity contribution in [3.8, 4) is 11.5 Å². The number of aliphatic imine (C=N–C) groups is 1. The van der Waals surface area contributed by atoms with Gasteiger partial charge in [-0.05, 0) is 76.4 Å². The lowest BCUT2D eigenvalue weighted by atomic mass is 9.99. The van der Waals surface area contributed by atoms with E-state index in [2.05, 4.69) is 34.4 Å². The molecule has 6 nitrogen and oxygen atoms in total. The van der Waals surface area contributed by atoms with Crippen LogP contribution in [0.2, 0.25) is 0 Å². The number of likely N-dealkylation sites (tertiary alicyclic amines) is 1. The Hall–Kier alpha value is -1.22. The van der Waals surface area contributed by atoms with Crippen molar-refractivity contribution in [2.45, 2.75) is 46.6 Å². The van der Waals surface area contributed by atoms with E-state index in [9.17, 15) is 5.11 Å². The maximum absolute atomic E-state index is 9.80. The summed E-state index contributed by atoms with van der Waals surface area (Å²) in [5.41, 5.74) is 1.01. The number of aromatic hydroxyl groups is 1. The average Bonchev–Trinajstić information content (AvgIpc) is 2.67. The van der Waals surface area contributed by atoms with Crippen LogP contribution in [0.1, 0.15) is 45.6 Å². The van der Waals surface area contributed by atoms with Gasteiger partial charge >= 0.3 is 0 Å². The molecule has 1 aliphatic rings. The Bertz CT molecular complexity index is 590. The van der Waals surface area contributed by atoms with Crippen molar-refractivity contribution in [2.75, 3.05) is 39.3 Å². The minimum Gasteiger partial charge on any atom is -0.504 e. The Morgan fingerprint density at radius 2 is 2.00 bits per heavy atom. The second-order valence-electron chi connectivity index (χ2n) is 7.23. The third-order valence-corrected chi connectivity index (χ3v) is 4.91. The first-order valence-corrected chi connectivity index (χ1v) is 10.3. The molecule has 1 aromatic carbocycles. The van der Waals surface area contributed by atoms with Gasteiger partial charge in [0.05, 0.1) is 13.2 Å². The molecule has 0 amide bonds. The average molecular weight is 504 g/mol. The van der Waals surface area contributed by atoms with Gasteiger partial charge in [0.2, 0.25) is 0 Å². The van der Waals surface area contributed by atoms with E-state index >= 15 is 0 Å². The van der Waals surface area contributed by atoms with Gasteiger partial charge in [0, 0.05) is 13.1 Å². The SMILES string of the molecule is CCNC(=NCc1ccc(O)c(OCC)c1)NCCCN1CCC(C)CC1.I. The van der Waals surface area contributed by atoms with E-state index in [1.54, 1.807) is 6.07 Å². The summed E-state index contributed by atoms with van der Waals surface area (Å²) in [6.45, 7) is 12.8. The molecule has 0 unspecified atom stereocenters. The molecule has 1 aliphatic heterocycles. The Balaban J connectivity index is 0.00000392. The summed E-state index contributed by atoms with van der Waals surface area (Å²) < 4.78 is 5.44. The molecule has 0 saturated carbocycles. The molecule has 1 fully saturated rings. The largest absolute Gasteiger partial charge is 0.504 e. The Labute approximate surface area is 187 Å². The van der Waals surface area contributed by atoms with Crippen LogP contribution in [0.3, 0.4) is 0 Å². The van der Waals surface area contributed by atoms with Gasteiger partial charge in [-0.1, -0.05) is 13.0 Å². The van der Waals surface area contributed by atoms with Crippen molar-refractivity contribution in [3.63, 3.8) is 0 Å². The Morgan fingerprint density at radius 1 is 1.25 bits per heavy atom. The first-order valence-electron chi connectivity index (χ1n) is 10.3. The van der Waals surface area contributed by atoms with E-state index in [-0.39, 0.29) is 29.7 Å². The highest BCUT2D eigenvalue weighted by Crippen LogP contribution is 2.27. The van der Waals surface area contributed by atoms with Crippen LogP contribution in [0.25, 0.3) is 0 Å². The van der Waals surface area contributed by atoms with Gasteiger partial charge in [-0.15, -0.1) is 24.0 Å². The van der Waals surface area contributed by atoms with Gasteiger partial charge < -0.3 is 25.4 Å². The summed E-state index contributed by atoms with van der Waals surface area (Å²) in [4.78, 5) is 7.22. The van der Waals surface area contributed by atoms with Gasteiger partial charge in [0.15, 0.2) is 17.5 Å². The van der Waals surface area contributed by atoms with Crippen LogP contribution in [-0.2, 0) is 6.54 Å². The van der Waals surface area contributed by atoms with Gasteiger partial charge in [-0.2, -0.15) is 0 Å². The zero-order valence-electron chi connectivity index (χ0n) is 17.5. The van der Waals surface area contributed by atoms with Crippen LogP contribution in [0, 0.1) is 5.92 Å². The van der Waals surface area contributed by atoms with E-state index in [1.165, 1.54) is 25.9 Å². The van der Waals surface area contributed by atoms with E-state index in [0.29, 0.717) is 18.9 Å². The van der Waals surface area contributed by atoms with Crippen LogP contribution in [0.4, 0.5) is 0 Å². The molecule has 0 aromatic heterocycles.